The van der Waals surface area contributed by atoms with E-state index in [9.17, 15) is 14.4 Å². The minimum absolute atomic E-state index is 0.0506. The Balaban J connectivity index is 2.56. The molecule has 0 N–H and O–H groups in total. The average molecular weight is 260 g/mol. The van der Waals surface area contributed by atoms with Gasteiger partial charge in [0.1, 0.15) is 18.8 Å². The molecule has 0 aromatic carbocycles. The molecular weight excluding hydrogens is 244 g/mol. The zero-order valence-electron chi connectivity index (χ0n) is 10.5. The van der Waals surface area contributed by atoms with Gasteiger partial charge in [-0.1, -0.05) is 0 Å². The molecule has 0 spiro atoms. The zero-order chi connectivity index (χ0) is 13.7. The number of hydrogen-bond acceptors (Lipinski definition) is 7. The first kappa shape index (κ1) is 14.4. The van der Waals surface area contributed by atoms with Crippen LogP contribution in [-0.2, 0) is 33.3 Å². The molecule has 1 aliphatic rings. The van der Waals surface area contributed by atoms with Crippen molar-refractivity contribution in [2.45, 2.75) is 45.7 Å². The van der Waals surface area contributed by atoms with E-state index in [4.69, 9.17) is 18.9 Å². The van der Waals surface area contributed by atoms with Crippen LogP contribution in [0.5, 0.6) is 0 Å². The lowest BCUT2D eigenvalue weighted by molar-refractivity contribution is -0.179. The first-order valence-corrected chi connectivity index (χ1v) is 5.51. The van der Waals surface area contributed by atoms with Gasteiger partial charge in [-0.05, 0) is 0 Å². The van der Waals surface area contributed by atoms with Crippen LogP contribution >= 0.6 is 0 Å². The van der Waals surface area contributed by atoms with E-state index in [1.807, 2.05) is 0 Å². The van der Waals surface area contributed by atoms with Crippen molar-refractivity contribution in [2.24, 2.45) is 0 Å². The molecule has 0 saturated carbocycles. The monoisotopic (exact) mass is 260 g/mol. The van der Waals surface area contributed by atoms with Crippen LogP contribution in [-0.4, -0.2) is 43.0 Å². The lowest BCUT2D eigenvalue weighted by atomic mass is 10.2. The highest BCUT2D eigenvalue weighted by molar-refractivity contribution is 5.67. The van der Waals surface area contributed by atoms with Crippen molar-refractivity contribution in [3.8, 4) is 0 Å². The van der Waals surface area contributed by atoms with Crippen LogP contribution in [0.2, 0.25) is 0 Å². The molecule has 18 heavy (non-hydrogen) atoms. The van der Waals surface area contributed by atoms with Crippen LogP contribution in [0, 0.1) is 0 Å². The molecule has 0 aromatic heterocycles. The van der Waals surface area contributed by atoms with Gasteiger partial charge in [-0.15, -0.1) is 0 Å². The van der Waals surface area contributed by atoms with Gasteiger partial charge in [-0.2, -0.15) is 0 Å². The van der Waals surface area contributed by atoms with Crippen molar-refractivity contribution in [2.75, 3.05) is 6.61 Å². The Morgan fingerprint density at radius 1 is 1.06 bits per heavy atom. The van der Waals surface area contributed by atoms with Gasteiger partial charge in [0.25, 0.3) is 0 Å². The Morgan fingerprint density at radius 2 is 1.67 bits per heavy atom. The van der Waals surface area contributed by atoms with Crippen molar-refractivity contribution >= 4 is 17.9 Å². The summed E-state index contributed by atoms with van der Waals surface area (Å²) >= 11 is 0. The molecule has 7 nitrogen and oxygen atoms in total. The van der Waals surface area contributed by atoms with Gasteiger partial charge in [0.05, 0.1) is 6.42 Å². The number of carbonyl (C=O) groups is 3. The van der Waals surface area contributed by atoms with Crippen molar-refractivity contribution < 1.29 is 33.3 Å². The highest BCUT2D eigenvalue weighted by atomic mass is 16.7. The normalized spacial score (nSPS) is 26.5. The lowest BCUT2D eigenvalue weighted by Gasteiger charge is -2.17. The van der Waals surface area contributed by atoms with Gasteiger partial charge >= 0.3 is 17.9 Å². The maximum absolute atomic E-state index is 10.9. The molecule has 1 rings (SSSR count). The predicted octanol–water partition coefficient (Wildman–Crippen LogP) is 0.159. The minimum atomic E-state index is -0.785. The molecule has 3 atom stereocenters. The lowest BCUT2D eigenvalue weighted by Crippen LogP contribution is -2.31. The number of ether oxygens (including phenoxy) is 4. The average Bonchev–Trinajstić information content (AvgIpc) is 2.55. The van der Waals surface area contributed by atoms with E-state index in [1.165, 1.54) is 20.8 Å². The molecule has 0 radical (unpaired) electrons. The number of carbonyl (C=O) groups excluding carboxylic acids is 3. The predicted molar refractivity (Wildman–Crippen MR) is 57.2 cm³/mol. The summed E-state index contributed by atoms with van der Waals surface area (Å²) in [7, 11) is 0. The number of esters is 3. The number of hydrogen-bond donors (Lipinski definition) is 0. The summed E-state index contributed by atoms with van der Waals surface area (Å²) in [6.07, 6.45) is -1.77. The van der Waals surface area contributed by atoms with E-state index in [1.54, 1.807) is 0 Å². The highest BCUT2D eigenvalue weighted by Gasteiger charge is 2.39. The van der Waals surface area contributed by atoms with Gasteiger partial charge in [-0.25, -0.2) is 0 Å². The fourth-order valence-corrected chi connectivity index (χ4v) is 1.62. The van der Waals surface area contributed by atoms with Gasteiger partial charge in [0.15, 0.2) is 0 Å². The Kier molecular flexibility index (Phi) is 5.08. The Labute approximate surface area is 104 Å². The third-order valence-electron chi connectivity index (χ3n) is 2.23. The molecule has 0 aliphatic carbocycles. The zero-order valence-corrected chi connectivity index (χ0v) is 10.5. The summed E-state index contributed by atoms with van der Waals surface area (Å²) < 4.78 is 20.0. The maximum atomic E-state index is 10.9. The van der Waals surface area contributed by atoms with Crippen LogP contribution in [0.3, 0.4) is 0 Å². The molecule has 1 fully saturated rings. The van der Waals surface area contributed by atoms with E-state index in [0.717, 1.165) is 0 Å². The molecule has 102 valence electrons. The van der Waals surface area contributed by atoms with Gasteiger partial charge in [0, 0.05) is 20.8 Å². The second kappa shape index (κ2) is 6.34. The van der Waals surface area contributed by atoms with Crippen LogP contribution in [0.4, 0.5) is 0 Å². The molecule has 1 aliphatic heterocycles. The standard InChI is InChI=1S/C11H16O7/c1-6(12)15-5-10-9(16-7(2)13)4-11(18-10)17-8(3)14/h9-11H,4-5H2,1-3H3/t9-,10-,11+/m1/s1. The van der Waals surface area contributed by atoms with Crippen LogP contribution in [0.1, 0.15) is 27.2 Å². The smallest absolute Gasteiger partial charge is 0.304 e. The molecule has 0 amide bonds. The molecule has 0 bridgehead atoms. The number of rotatable bonds is 4. The summed E-state index contributed by atoms with van der Waals surface area (Å²) in [6, 6.07) is 0. The second-order valence-electron chi connectivity index (χ2n) is 3.90. The molecular formula is C11H16O7. The summed E-state index contributed by atoms with van der Waals surface area (Å²) in [6.45, 7) is 3.73. The molecule has 7 heteroatoms. The third kappa shape index (κ3) is 4.70. The van der Waals surface area contributed by atoms with E-state index in [0.29, 0.717) is 0 Å². The summed E-state index contributed by atoms with van der Waals surface area (Å²) in [4.78, 5) is 32.4. The molecule has 0 aromatic rings. The van der Waals surface area contributed by atoms with Gasteiger partial charge in [0.2, 0.25) is 6.29 Å². The van der Waals surface area contributed by atoms with E-state index in [2.05, 4.69) is 0 Å². The minimum Gasteiger partial charge on any atom is -0.463 e. The van der Waals surface area contributed by atoms with Gasteiger partial charge < -0.3 is 18.9 Å². The van der Waals surface area contributed by atoms with Crippen molar-refractivity contribution in [1.82, 2.24) is 0 Å². The third-order valence-corrected chi connectivity index (χ3v) is 2.23. The second-order valence-corrected chi connectivity index (χ2v) is 3.90. The Hall–Kier alpha value is -1.63. The summed E-state index contributed by atoms with van der Waals surface area (Å²) in [5.74, 6) is -1.43. The maximum Gasteiger partial charge on any atom is 0.304 e. The van der Waals surface area contributed by atoms with Gasteiger partial charge in [-0.3, -0.25) is 14.4 Å². The van der Waals surface area contributed by atoms with E-state index in [-0.39, 0.29) is 13.0 Å². The quantitative estimate of drug-likeness (QED) is 0.525. The largest absolute Gasteiger partial charge is 0.463 e. The first-order chi connectivity index (χ1) is 8.38. The molecule has 0 unspecified atom stereocenters. The SMILES string of the molecule is CC(=O)OC[C@H]1O[C@H](OC(C)=O)C[C@H]1OC(C)=O. The molecule has 1 heterocycles. The van der Waals surface area contributed by atoms with E-state index < -0.39 is 36.4 Å². The fourth-order valence-electron chi connectivity index (χ4n) is 1.62. The van der Waals surface area contributed by atoms with Crippen LogP contribution in [0.15, 0.2) is 0 Å². The van der Waals surface area contributed by atoms with Crippen molar-refractivity contribution in [3.63, 3.8) is 0 Å². The summed E-state index contributed by atoms with van der Waals surface area (Å²) in [5, 5.41) is 0. The van der Waals surface area contributed by atoms with Crippen molar-refractivity contribution in [1.29, 1.82) is 0 Å². The van der Waals surface area contributed by atoms with E-state index >= 15 is 0 Å². The van der Waals surface area contributed by atoms with Crippen molar-refractivity contribution in [3.05, 3.63) is 0 Å². The first-order valence-electron chi connectivity index (χ1n) is 5.51. The topological polar surface area (TPSA) is 88.1 Å². The highest BCUT2D eigenvalue weighted by Crippen LogP contribution is 2.24. The Morgan fingerprint density at radius 3 is 2.17 bits per heavy atom. The summed E-state index contributed by atoms with van der Waals surface area (Å²) in [5.41, 5.74) is 0. The molecule has 1 saturated heterocycles. The Bertz CT molecular complexity index is 338. The van der Waals surface area contributed by atoms with Crippen LogP contribution < -0.4 is 0 Å². The van der Waals surface area contributed by atoms with Crippen LogP contribution in [0.25, 0.3) is 0 Å². The fraction of sp³-hybridized carbons (Fsp3) is 0.727.